The van der Waals surface area contributed by atoms with Crippen molar-refractivity contribution in [2.45, 2.75) is 31.7 Å². The Bertz CT molecular complexity index is 745. The average molecular weight is 378 g/mol. The highest BCUT2D eigenvalue weighted by molar-refractivity contribution is 7.86. The standard InChI is InChI=1S/C10H18O9S3/c1-7-5-8(17-20(2,11)12)10(19-22(4,15)16)9(6-7)18-21(3,13)14/h5,8-10H,6H2,1-4H3/t8-,9+,10-/m0/s1. The highest BCUT2D eigenvalue weighted by Gasteiger charge is 2.40. The second-order valence-corrected chi connectivity index (χ2v) is 9.89. The molecule has 0 unspecified atom stereocenters. The van der Waals surface area contributed by atoms with E-state index in [2.05, 4.69) is 0 Å². The molecule has 0 bridgehead atoms. The van der Waals surface area contributed by atoms with E-state index < -0.39 is 48.7 Å². The molecule has 22 heavy (non-hydrogen) atoms. The molecule has 0 radical (unpaired) electrons. The van der Waals surface area contributed by atoms with Gasteiger partial charge in [0, 0.05) is 0 Å². The highest BCUT2D eigenvalue weighted by atomic mass is 32.2. The van der Waals surface area contributed by atoms with Crippen molar-refractivity contribution in [2.24, 2.45) is 0 Å². The maximum atomic E-state index is 11.4. The zero-order chi connectivity index (χ0) is 17.3. The topological polar surface area (TPSA) is 130 Å². The van der Waals surface area contributed by atoms with E-state index in [1.54, 1.807) is 6.92 Å². The third-order valence-electron chi connectivity index (χ3n) is 2.53. The van der Waals surface area contributed by atoms with Gasteiger partial charge in [-0.2, -0.15) is 25.3 Å². The van der Waals surface area contributed by atoms with Crippen LogP contribution in [0.25, 0.3) is 0 Å². The van der Waals surface area contributed by atoms with Crippen LogP contribution in [0.1, 0.15) is 13.3 Å². The Morgan fingerprint density at radius 3 is 1.73 bits per heavy atom. The fourth-order valence-electron chi connectivity index (χ4n) is 2.00. The Morgan fingerprint density at radius 1 is 0.864 bits per heavy atom. The van der Waals surface area contributed by atoms with Crippen molar-refractivity contribution in [1.29, 1.82) is 0 Å². The molecule has 1 aliphatic rings. The summed E-state index contributed by atoms with van der Waals surface area (Å²) < 4.78 is 82.3. The minimum atomic E-state index is -4.00. The normalized spacial score (nSPS) is 27.5. The van der Waals surface area contributed by atoms with Gasteiger partial charge in [0.15, 0.2) is 0 Å². The van der Waals surface area contributed by atoms with Crippen LogP contribution in [0.5, 0.6) is 0 Å². The monoisotopic (exact) mass is 378 g/mol. The van der Waals surface area contributed by atoms with E-state index in [9.17, 15) is 25.3 Å². The van der Waals surface area contributed by atoms with Gasteiger partial charge in [-0.05, 0) is 13.3 Å². The predicted octanol–water partition coefficient (Wildman–Crippen LogP) is -0.629. The van der Waals surface area contributed by atoms with Crippen molar-refractivity contribution in [3.63, 3.8) is 0 Å². The number of hydrogen-bond donors (Lipinski definition) is 0. The molecule has 0 saturated carbocycles. The van der Waals surface area contributed by atoms with E-state index in [0.717, 1.165) is 18.8 Å². The molecule has 130 valence electrons. The van der Waals surface area contributed by atoms with Gasteiger partial charge in [0.1, 0.15) is 18.3 Å². The minimum Gasteiger partial charge on any atom is -0.264 e. The van der Waals surface area contributed by atoms with Gasteiger partial charge in [-0.3, -0.25) is 12.5 Å². The Labute approximate surface area is 130 Å². The summed E-state index contributed by atoms with van der Waals surface area (Å²) in [7, 11) is -11.8. The first kappa shape index (κ1) is 19.5. The lowest BCUT2D eigenvalue weighted by Gasteiger charge is -2.33. The second-order valence-electron chi connectivity index (χ2n) is 5.09. The molecule has 0 N–H and O–H groups in total. The zero-order valence-electron chi connectivity index (χ0n) is 12.4. The van der Waals surface area contributed by atoms with E-state index in [0.29, 0.717) is 5.57 Å². The van der Waals surface area contributed by atoms with Gasteiger partial charge >= 0.3 is 0 Å². The molecule has 1 aliphatic carbocycles. The lowest BCUT2D eigenvalue weighted by Crippen LogP contribution is -2.47. The van der Waals surface area contributed by atoms with Crippen LogP contribution in [0.15, 0.2) is 11.6 Å². The van der Waals surface area contributed by atoms with Crippen molar-refractivity contribution < 1.29 is 37.8 Å². The Morgan fingerprint density at radius 2 is 1.32 bits per heavy atom. The summed E-state index contributed by atoms with van der Waals surface area (Å²) in [5, 5.41) is 0. The van der Waals surface area contributed by atoms with Crippen molar-refractivity contribution >= 4 is 30.4 Å². The largest absolute Gasteiger partial charge is 0.265 e. The third kappa shape index (κ3) is 7.15. The lowest BCUT2D eigenvalue weighted by molar-refractivity contribution is -0.00141. The smallest absolute Gasteiger partial charge is 0.264 e. The summed E-state index contributed by atoms with van der Waals surface area (Å²) in [4.78, 5) is 0. The molecule has 0 fully saturated rings. The highest BCUT2D eigenvalue weighted by Crippen LogP contribution is 2.28. The fourth-order valence-corrected chi connectivity index (χ4v) is 3.84. The summed E-state index contributed by atoms with van der Waals surface area (Å²) >= 11 is 0. The van der Waals surface area contributed by atoms with Gasteiger partial charge in [0.2, 0.25) is 0 Å². The fraction of sp³-hybridized carbons (Fsp3) is 0.800. The number of rotatable bonds is 6. The maximum absolute atomic E-state index is 11.4. The summed E-state index contributed by atoms with van der Waals surface area (Å²) in [5.74, 6) is 0. The van der Waals surface area contributed by atoms with E-state index in [4.69, 9.17) is 12.5 Å². The summed E-state index contributed by atoms with van der Waals surface area (Å²) in [6.07, 6.45) is -0.225. The minimum absolute atomic E-state index is 0.0525. The quantitative estimate of drug-likeness (QED) is 0.438. The van der Waals surface area contributed by atoms with Gasteiger partial charge in [-0.25, -0.2) is 0 Å². The molecular formula is C10H18O9S3. The van der Waals surface area contributed by atoms with Crippen LogP contribution in [-0.4, -0.2) is 62.3 Å². The van der Waals surface area contributed by atoms with Crippen LogP contribution in [0, 0.1) is 0 Å². The Hall–Kier alpha value is -0.530. The van der Waals surface area contributed by atoms with Gasteiger partial charge in [-0.15, -0.1) is 0 Å². The SMILES string of the molecule is CC1=C[C@H](OS(C)(=O)=O)[C@H](OS(C)(=O)=O)[C@H](OS(C)(=O)=O)C1. The first-order valence-electron chi connectivity index (χ1n) is 5.98. The van der Waals surface area contributed by atoms with Crippen LogP contribution in [0.3, 0.4) is 0 Å². The first-order valence-corrected chi connectivity index (χ1v) is 11.4. The molecule has 0 aliphatic heterocycles. The molecule has 1 rings (SSSR count). The third-order valence-corrected chi connectivity index (χ3v) is 4.27. The molecule has 3 atom stereocenters. The van der Waals surface area contributed by atoms with Crippen LogP contribution in [-0.2, 0) is 42.9 Å². The first-order chi connectivity index (χ1) is 9.66. The molecule has 0 amide bonds. The van der Waals surface area contributed by atoms with Gasteiger partial charge in [0.25, 0.3) is 30.4 Å². The molecule has 0 spiro atoms. The average Bonchev–Trinajstić information content (AvgIpc) is 2.16. The molecule has 0 aromatic heterocycles. The van der Waals surface area contributed by atoms with Crippen LogP contribution < -0.4 is 0 Å². The summed E-state index contributed by atoms with van der Waals surface area (Å²) in [5.41, 5.74) is 0.579. The Kier molecular flexibility index (Phi) is 5.79. The van der Waals surface area contributed by atoms with E-state index in [1.165, 1.54) is 6.08 Å². The molecule has 0 aromatic carbocycles. The molecule has 0 aromatic rings. The molecule has 9 nitrogen and oxygen atoms in total. The molecule has 0 saturated heterocycles. The molecular weight excluding hydrogens is 360 g/mol. The van der Waals surface area contributed by atoms with Gasteiger partial charge in [0.05, 0.1) is 18.8 Å². The summed E-state index contributed by atoms with van der Waals surface area (Å²) in [6, 6.07) is 0. The van der Waals surface area contributed by atoms with Crippen molar-refractivity contribution in [3.05, 3.63) is 11.6 Å². The van der Waals surface area contributed by atoms with Crippen molar-refractivity contribution in [3.8, 4) is 0 Å². The maximum Gasteiger partial charge on any atom is 0.265 e. The van der Waals surface area contributed by atoms with Crippen LogP contribution in [0.4, 0.5) is 0 Å². The molecule has 0 heterocycles. The zero-order valence-corrected chi connectivity index (χ0v) is 14.9. The Balaban J connectivity index is 3.23. The second kappa shape index (κ2) is 6.53. The van der Waals surface area contributed by atoms with Gasteiger partial charge in [-0.1, -0.05) is 11.6 Å². The summed E-state index contributed by atoms with van der Waals surface area (Å²) in [6.45, 7) is 1.61. The van der Waals surface area contributed by atoms with Crippen molar-refractivity contribution in [2.75, 3.05) is 18.8 Å². The number of hydrogen-bond acceptors (Lipinski definition) is 9. The van der Waals surface area contributed by atoms with E-state index >= 15 is 0 Å². The van der Waals surface area contributed by atoms with Crippen LogP contribution in [0.2, 0.25) is 0 Å². The lowest BCUT2D eigenvalue weighted by atomic mass is 9.93. The van der Waals surface area contributed by atoms with Crippen LogP contribution >= 0.6 is 0 Å². The van der Waals surface area contributed by atoms with Crippen molar-refractivity contribution in [1.82, 2.24) is 0 Å². The van der Waals surface area contributed by atoms with Gasteiger partial charge < -0.3 is 0 Å². The predicted molar refractivity (Wildman–Crippen MR) is 77.5 cm³/mol. The van der Waals surface area contributed by atoms with E-state index in [-0.39, 0.29) is 6.42 Å². The van der Waals surface area contributed by atoms with E-state index in [1.807, 2.05) is 0 Å². The molecule has 12 heteroatoms.